The fourth-order valence-corrected chi connectivity index (χ4v) is 1.94. The van der Waals surface area contributed by atoms with Gasteiger partial charge in [-0.25, -0.2) is 0 Å². The smallest absolute Gasteiger partial charge is 0.255 e. The lowest BCUT2D eigenvalue weighted by Crippen LogP contribution is -2.15. The zero-order valence-corrected chi connectivity index (χ0v) is 12.8. The van der Waals surface area contributed by atoms with Gasteiger partial charge in [-0.3, -0.25) is 9.59 Å². The summed E-state index contributed by atoms with van der Waals surface area (Å²) in [4.78, 5) is 23.5. The Bertz CT molecular complexity index is 708. The molecule has 0 aliphatic heterocycles. The van der Waals surface area contributed by atoms with Crippen LogP contribution < -0.4 is 15.4 Å². The molecule has 0 atom stereocenters. The van der Waals surface area contributed by atoms with E-state index in [0.717, 1.165) is 0 Å². The van der Waals surface area contributed by atoms with Gasteiger partial charge in [0.2, 0.25) is 5.91 Å². The Morgan fingerprint density at radius 1 is 1.04 bits per heavy atom. The number of benzene rings is 2. The van der Waals surface area contributed by atoms with Crippen LogP contribution in [0.5, 0.6) is 5.75 Å². The molecule has 118 valence electrons. The molecule has 23 heavy (non-hydrogen) atoms. The van der Waals surface area contributed by atoms with Crippen molar-refractivity contribution in [2.45, 2.75) is 6.92 Å². The second kappa shape index (κ2) is 7.79. The fourth-order valence-electron chi connectivity index (χ4n) is 1.94. The van der Waals surface area contributed by atoms with Crippen LogP contribution >= 0.6 is 0 Å². The third-order valence-corrected chi connectivity index (χ3v) is 2.97. The maximum Gasteiger partial charge on any atom is 0.255 e. The number of nitrogens with one attached hydrogen (secondary N) is 2. The molecule has 0 radical (unpaired) electrons. The molecule has 2 rings (SSSR count). The molecule has 0 fully saturated rings. The molecule has 2 aromatic rings. The van der Waals surface area contributed by atoms with Gasteiger partial charge in [-0.2, -0.15) is 0 Å². The van der Waals surface area contributed by atoms with E-state index in [4.69, 9.17) is 4.74 Å². The predicted molar refractivity (Wildman–Crippen MR) is 90.8 cm³/mol. The van der Waals surface area contributed by atoms with Crippen LogP contribution in [0.2, 0.25) is 0 Å². The Hall–Kier alpha value is -3.08. The average molecular weight is 310 g/mol. The molecule has 0 aromatic heterocycles. The SMILES string of the molecule is C=CCOc1ccc(C(=O)Nc2ccccc2NC(C)=O)cc1. The van der Waals surface area contributed by atoms with Crippen LogP contribution in [0.4, 0.5) is 11.4 Å². The number of rotatable bonds is 6. The first-order valence-corrected chi connectivity index (χ1v) is 7.12. The number of hydrogen-bond donors (Lipinski definition) is 2. The second-order valence-electron chi connectivity index (χ2n) is 4.80. The van der Waals surface area contributed by atoms with Gasteiger partial charge < -0.3 is 15.4 Å². The number of anilines is 2. The highest BCUT2D eigenvalue weighted by Crippen LogP contribution is 2.22. The van der Waals surface area contributed by atoms with Gasteiger partial charge in [-0.15, -0.1) is 0 Å². The Morgan fingerprint density at radius 3 is 2.22 bits per heavy atom. The second-order valence-corrected chi connectivity index (χ2v) is 4.80. The minimum absolute atomic E-state index is 0.199. The summed E-state index contributed by atoms with van der Waals surface area (Å²) >= 11 is 0. The van der Waals surface area contributed by atoms with Crippen molar-refractivity contribution in [2.24, 2.45) is 0 Å². The summed E-state index contributed by atoms with van der Waals surface area (Å²) in [5.41, 5.74) is 1.59. The highest BCUT2D eigenvalue weighted by Gasteiger charge is 2.09. The highest BCUT2D eigenvalue weighted by atomic mass is 16.5. The van der Waals surface area contributed by atoms with Crippen molar-refractivity contribution in [3.8, 4) is 5.75 Å². The van der Waals surface area contributed by atoms with E-state index in [1.807, 2.05) is 0 Å². The van der Waals surface area contributed by atoms with Crippen LogP contribution in [0.1, 0.15) is 17.3 Å². The summed E-state index contributed by atoms with van der Waals surface area (Å²) < 4.78 is 5.37. The first kappa shape index (κ1) is 16.3. The van der Waals surface area contributed by atoms with E-state index >= 15 is 0 Å². The van der Waals surface area contributed by atoms with Crippen molar-refractivity contribution in [1.82, 2.24) is 0 Å². The maximum absolute atomic E-state index is 12.3. The first-order valence-electron chi connectivity index (χ1n) is 7.12. The standard InChI is InChI=1S/C18H18N2O3/c1-3-12-23-15-10-8-14(9-11-15)18(22)20-17-7-5-4-6-16(17)19-13(2)21/h3-11H,1,12H2,2H3,(H,19,21)(H,20,22). The zero-order chi connectivity index (χ0) is 16.7. The zero-order valence-electron chi connectivity index (χ0n) is 12.8. The third kappa shape index (κ3) is 4.71. The summed E-state index contributed by atoms with van der Waals surface area (Å²) in [5.74, 6) is 0.202. The van der Waals surface area contributed by atoms with Crippen molar-refractivity contribution in [3.63, 3.8) is 0 Å². The molecule has 2 amide bonds. The Balaban J connectivity index is 2.10. The summed E-state index contributed by atoms with van der Waals surface area (Å²) in [6.45, 7) is 5.41. The minimum Gasteiger partial charge on any atom is -0.490 e. The third-order valence-electron chi connectivity index (χ3n) is 2.97. The number of carbonyl (C=O) groups excluding carboxylic acids is 2. The molecule has 0 saturated carbocycles. The maximum atomic E-state index is 12.3. The van der Waals surface area contributed by atoms with E-state index < -0.39 is 0 Å². The van der Waals surface area contributed by atoms with Gasteiger partial charge in [0.15, 0.2) is 0 Å². The molecule has 0 heterocycles. The van der Waals surface area contributed by atoms with Crippen molar-refractivity contribution in [1.29, 1.82) is 0 Å². The molecule has 2 aromatic carbocycles. The molecule has 0 aliphatic carbocycles. The normalized spacial score (nSPS) is 9.78. The largest absolute Gasteiger partial charge is 0.490 e. The van der Waals surface area contributed by atoms with Gasteiger partial charge >= 0.3 is 0 Å². The van der Waals surface area contributed by atoms with Crippen LogP contribution in [0.3, 0.4) is 0 Å². The van der Waals surface area contributed by atoms with E-state index in [2.05, 4.69) is 17.2 Å². The first-order chi connectivity index (χ1) is 11.1. The van der Waals surface area contributed by atoms with Crippen molar-refractivity contribution < 1.29 is 14.3 Å². The number of hydrogen-bond acceptors (Lipinski definition) is 3. The quantitative estimate of drug-likeness (QED) is 0.803. The van der Waals surface area contributed by atoms with Gasteiger partial charge in [0.25, 0.3) is 5.91 Å². The highest BCUT2D eigenvalue weighted by molar-refractivity contribution is 6.07. The number of para-hydroxylation sites is 2. The van der Waals surface area contributed by atoms with Crippen LogP contribution in [-0.4, -0.2) is 18.4 Å². The summed E-state index contributed by atoms with van der Waals surface area (Å²) in [7, 11) is 0. The Kier molecular flexibility index (Phi) is 5.52. The van der Waals surface area contributed by atoms with Crippen LogP contribution in [0.25, 0.3) is 0 Å². The van der Waals surface area contributed by atoms with E-state index in [0.29, 0.717) is 29.3 Å². The van der Waals surface area contributed by atoms with Gasteiger partial charge in [-0.05, 0) is 36.4 Å². The average Bonchev–Trinajstić information content (AvgIpc) is 2.54. The lowest BCUT2D eigenvalue weighted by molar-refractivity contribution is -0.114. The lowest BCUT2D eigenvalue weighted by Gasteiger charge is -2.11. The molecule has 0 bridgehead atoms. The number of ether oxygens (including phenoxy) is 1. The molecule has 2 N–H and O–H groups in total. The van der Waals surface area contributed by atoms with E-state index in [-0.39, 0.29) is 11.8 Å². The summed E-state index contributed by atoms with van der Waals surface area (Å²) in [5, 5.41) is 5.46. The summed E-state index contributed by atoms with van der Waals surface area (Å²) in [6, 6.07) is 13.8. The molecule has 5 heteroatoms. The predicted octanol–water partition coefficient (Wildman–Crippen LogP) is 3.46. The fraction of sp³-hybridized carbons (Fsp3) is 0.111. The summed E-state index contributed by atoms with van der Waals surface area (Å²) in [6.07, 6.45) is 1.65. The van der Waals surface area contributed by atoms with Gasteiger partial charge in [0.05, 0.1) is 11.4 Å². The Morgan fingerprint density at radius 2 is 1.65 bits per heavy atom. The van der Waals surface area contributed by atoms with Gasteiger partial charge in [0.1, 0.15) is 12.4 Å². The van der Waals surface area contributed by atoms with E-state index in [9.17, 15) is 9.59 Å². The number of carbonyl (C=O) groups is 2. The number of amides is 2. The van der Waals surface area contributed by atoms with Crippen molar-refractivity contribution >= 4 is 23.2 Å². The topological polar surface area (TPSA) is 67.4 Å². The Labute approximate surface area is 135 Å². The molecular weight excluding hydrogens is 292 g/mol. The van der Waals surface area contributed by atoms with E-state index in [1.54, 1.807) is 54.6 Å². The molecule has 5 nitrogen and oxygen atoms in total. The van der Waals surface area contributed by atoms with Crippen LogP contribution in [0, 0.1) is 0 Å². The molecule has 0 aliphatic rings. The van der Waals surface area contributed by atoms with Gasteiger partial charge in [-0.1, -0.05) is 24.8 Å². The molecule has 0 unspecified atom stereocenters. The minimum atomic E-state index is -0.266. The van der Waals surface area contributed by atoms with Crippen LogP contribution in [0.15, 0.2) is 61.2 Å². The van der Waals surface area contributed by atoms with Gasteiger partial charge in [0, 0.05) is 12.5 Å². The van der Waals surface area contributed by atoms with Crippen LogP contribution in [-0.2, 0) is 4.79 Å². The molecular formula is C18H18N2O3. The van der Waals surface area contributed by atoms with Crippen molar-refractivity contribution in [3.05, 3.63) is 66.7 Å². The lowest BCUT2D eigenvalue weighted by atomic mass is 10.2. The monoisotopic (exact) mass is 310 g/mol. The van der Waals surface area contributed by atoms with Crippen molar-refractivity contribution in [2.75, 3.05) is 17.2 Å². The molecule has 0 spiro atoms. The van der Waals surface area contributed by atoms with E-state index in [1.165, 1.54) is 6.92 Å². The molecule has 0 saturated heterocycles.